The number of ether oxygens (including phenoxy) is 1. The first-order chi connectivity index (χ1) is 13.8. The summed E-state index contributed by atoms with van der Waals surface area (Å²) in [6, 6.07) is 13.2. The Morgan fingerprint density at radius 3 is 2.10 bits per heavy atom. The van der Waals surface area contributed by atoms with E-state index < -0.39 is 30.6 Å². The number of carbonyl (C=O) groups excluding carboxylic acids is 3. The molecule has 0 unspecified atom stereocenters. The largest absolute Gasteiger partial charge is 0.454 e. The van der Waals surface area contributed by atoms with Gasteiger partial charge in [0.2, 0.25) is 0 Å². The van der Waals surface area contributed by atoms with Gasteiger partial charge in [-0.2, -0.15) is 0 Å². The van der Waals surface area contributed by atoms with E-state index in [9.17, 15) is 14.4 Å². The summed E-state index contributed by atoms with van der Waals surface area (Å²) in [6.45, 7) is 6.91. The molecule has 0 radical (unpaired) electrons. The van der Waals surface area contributed by atoms with E-state index in [0.29, 0.717) is 11.4 Å². The van der Waals surface area contributed by atoms with E-state index >= 15 is 0 Å². The van der Waals surface area contributed by atoms with Crippen molar-refractivity contribution in [3.05, 3.63) is 59.7 Å². The molecule has 2 aromatic rings. The predicted octanol–water partition coefficient (Wildman–Crippen LogP) is 3.63. The molecule has 0 aliphatic rings. The number of amides is 3. The van der Waals surface area contributed by atoms with Gasteiger partial charge in [0.25, 0.3) is 5.91 Å². The first kappa shape index (κ1) is 21.9. The molecule has 2 rings (SSSR count). The van der Waals surface area contributed by atoms with Crippen molar-refractivity contribution in [2.45, 2.75) is 33.7 Å². The van der Waals surface area contributed by atoms with E-state index in [-0.39, 0.29) is 5.92 Å². The van der Waals surface area contributed by atoms with Gasteiger partial charge in [-0.25, -0.2) is 9.59 Å². The van der Waals surface area contributed by atoms with Crippen LogP contribution in [-0.2, 0) is 14.3 Å². The number of para-hydroxylation sites is 2. The summed E-state index contributed by atoms with van der Waals surface area (Å²) >= 11 is 0. The highest BCUT2D eigenvalue weighted by molar-refractivity contribution is 5.95. The van der Waals surface area contributed by atoms with Crippen LogP contribution in [0.3, 0.4) is 0 Å². The molecule has 7 nitrogen and oxygen atoms in total. The Labute approximate surface area is 170 Å². The lowest BCUT2D eigenvalue weighted by Crippen LogP contribution is -2.47. The van der Waals surface area contributed by atoms with Crippen LogP contribution >= 0.6 is 0 Å². The number of esters is 1. The minimum atomic E-state index is -0.883. The third-order valence-electron chi connectivity index (χ3n) is 4.33. The summed E-state index contributed by atoms with van der Waals surface area (Å²) in [5.41, 5.74) is 3.15. The predicted molar refractivity (Wildman–Crippen MR) is 113 cm³/mol. The van der Waals surface area contributed by atoms with Crippen LogP contribution in [0.25, 0.3) is 0 Å². The van der Waals surface area contributed by atoms with Crippen molar-refractivity contribution in [2.24, 2.45) is 5.92 Å². The lowest BCUT2D eigenvalue weighted by molar-refractivity contribution is -0.150. The molecule has 3 amide bonds. The zero-order valence-electron chi connectivity index (χ0n) is 17.1. The van der Waals surface area contributed by atoms with Gasteiger partial charge in [0.05, 0.1) is 0 Å². The van der Waals surface area contributed by atoms with Crippen molar-refractivity contribution >= 4 is 29.3 Å². The lowest BCUT2D eigenvalue weighted by Gasteiger charge is -2.21. The molecule has 0 fully saturated rings. The van der Waals surface area contributed by atoms with Crippen LogP contribution in [-0.4, -0.2) is 30.6 Å². The maximum atomic E-state index is 12.4. The second-order valence-corrected chi connectivity index (χ2v) is 7.11. The van der Waals surface area contributed by atoms with Crippen molar-refractivity contribution < 1.29 is 19.1 Å². The summed E-state index contributed by atoms with van der Waals surface area (Å²) < 4.78 is 5.14. The standard InChI is InChI=1S/C22H27N3O4/c1-14(2)19(25-22(28)23-17-11-6-5-7-12-17)21(27)29-13-18(26)24-20-15(3)9-8-10-16(20)4/h5-12,14,19H,13H2,1-4H3,(H,24,26)(H2,23,25,28)/t19-/m1/s1. The molecule has 154 valence electrons. The third kappa shape index (κ3) is 6.64. The van der Waals surface area contributed by atoms with Gasteiger partial charge in [0, 0.05) is 11.4 Å². The first-order valence-corrected chi connectivity index (χ1v) is 9.43. The van der Waals surface area contributed by atoms with Gasteiger partial charge in [-0.05, 0) is 43.0 Å². The first-order valence-electron chi connectivity index (χ1n) is 9.43. The average Bonchev–Trinajstić information content (AvgIpc) is 2.68. The molecule has 0 heterocycles. The normalized spacial score (nSPS) is 11.5. The minimum Gasteiger partial charge on any atom is -0.454 e. The molecule has 0 spiro atoms. The number of nitrogens with one attached hydrogen (secondary N) is 3. The summed E-state index contributed by atoms with van der Waals surface area (Å²) in [7, 11) is 0. The Kier molecular flexibility index (Phi) is 7.77. The second-order valence-electron chi connectivity index (χ2n) is 7.11. The van der Waals surface area contributed by atoms with Gasteiger partial charge >= 0.3 is 12.0 Å². The fraction of sp³-hybridized carbons (Fsp3) is 0.318. The van der Waals surface area contributed by atoms with Gasteiger partial charge < -0.3 is 20.7 Å². The van der Waals surface area contributed by atoms with Crippen LogP contribution in [0.15, 0.2) is 48.5 Å². The van der Waals surface area contributed by atoms with Crippen LogP contribution in [0.5, 0.6) is 0 Å². The molecule has 0 bridgehead atoms. The van der Waals surface area contributed by atoms with Gasteiger partial charge in [0.15, 0.2) is 6.61 Å². The lowest BCUT2D eigenvalue weighted by atomic mass is 10.1. The third-order valence-corrected chi connectivity index (χ3v) is 4.33. The van der Waals surface area contributed by atoms with Crippen LogP contribution in [0.1, 0.15) is 25.0 Å². The van der Waals surface area contributed by atoms with Crippen molar-refractivity contribution in [2.75, 3.05) is 17.2 Å². The number of hydrogen-bond donors (Lipinski definition) is 3. The Morgan fingerprint density at radius 2 is 1.52 bits per heavy atom. The van der Waals surface area contributed by atoms with Crippen LogP contribution < -0.4 is 16.0 Å². The van der Waals surface area contributed by atoms with Crippen LogP contribution in [0.4, 0.5) is 16.2 Å². The van der Waals surface area contributed by atoms with Crippen molar-refractivity contribution in [3.8, 4) is 0 Å². The van der Waals surface area contributed by atoms with E-state index in [1.165, 1.54) is 0 Å². The molecule has 29 heavy (non-hydrogen) atoms. The van der Waals surface area contributed by atoms with Gasteiger partial charge in [-0.1, -0.05) is 50.2 Å². The fourth-order valence-corrected chi connectivity index (χ4v) is 2.74. The van der Waals surface area contributed by atoms with Gasteiger partial charge in [-0.15, -0.1) is 0 Å². The minimum absolute atomic E-state index is 0.217. The Hall–Kier alpha value is -3.35. The molecule has 0 aliphatic heterocycles. The number of urea groups is 1. The molecule has 0 aromatic heterocycles. The van der Waals surface area contributed by atoms with E-state index in [0.717, 1.165) is 11.1 Å². The fourth-order valence-electron chi connectivity index (χ4n) is 2.74. The van der Waals surface area contributed by atoms with Crippen LogP contribution in [0.2, 0.25) is 0 Å². The maximum Gasteiger partial charge on any atom is 0.329 e. The molecule has 2 aromatic carbocycles. The van der Waals surface area contributed by atoms with Crippen molar-refractivity contribution in [3.63, 3.8) is 0 Å². The van der Waals surface area contributed by atoms with Crippen LogP contribution in [0, 0.1) is 19.8 Å². The molecule has 0 saturated carbocycles. The zero-order valence-corrected chi connectivity index (χ0v) is 17.1. The average molecular weight is 397 g/mol. The highest BCUT2D eigenvalue weighted by Gasteiger charge is 2.26. The smallest absolute Gasteiger partial charge is 0.329 e. The highest BCUT2D eigenvalue weighted by atomic mass is 16.5. The Balaban J connectivity index is 1.90. The Morgan fingerprint density at radius 1 is 0.897 bits per heavy atom. The van der Waals surface area contributed by atoms with Crippen molar-refractivity contribution in [1.29, 1.82) is 0 Å². The van der Waals surface area contributed by atoms with Gasteiger partial charge in [0.1, 0.15) is 6.04 Å². The quantitative estimate of drug-likeness (QED) is 0.622. The number of hydrogen-bond acceptors (Lipinski definition) is 4. The summed E-state index contributed by atoms with van der Waals surface area (Å²) in [4.78, 5) is 36.8. The molecular weight excluding hydrogens is 370 g/mol. The number of benzene rings is 2. The van der Waals surface area contributed by atoms with E-state index in [2.05, 4.69) is 16.0 Å². The van der Waals surface area contributed by atoms with E-state index in [1.807, 2.05) is 38.1 Å². The number of carbonyl (C=O) groups is 3. The Bertz CT molecular complexity index is 845. The number of rotatable bonds is 7. The molecular formula is C22H27N3O4. The van der Waals surface area contributed by atoms with Gasteiger partial charge in [-0.3, -0.25) is 4.79 Å². The summed E-state index contributed by atoms with van der Waals surface area (Å²) in [5.74, 6) is -1.32. The zero-order chi connectivity index (χ0) is 21.4. The topological polar surface area (TPSA) is 96.5 Å². The summed E-state index contributed by atoms with van der Waals surface area (Å²) in [6.07, 6.45) is 0. The summed E-state index contributed by atoms with van der Waals surface area (Å²) in [5, 5.41) is 8.01. The number of aryl methyl sites for hydroxylation is 2. The number of anilines is 2. The molecule has 1 atom stereocenters. The maximum absolute atomic E-state index is 12.4. The SMILES string of the molecule is Cc1cccc(C)c1NC(=O)COC(=O)[C@H](NC(=O)Nc1ccccc1)C(C)C. The molecule has 7 heteroatoms. The highest BCUT2D eigenvalue weighted by Crippen LogP contribution is 2.19. The van der Waals surface area contributed by atoms with Crippen molar-refractivity contribution in [1.82, 2.24) is 5.32 Å². The monoisotopic (exact) mass is 397 g/mol. The molecule has 0 aliphatic carbocycles. The molecule has 3 N–H and O–H groups in total. The van der Waals surface area contributed by atoms with E-state index in [4.69, 9.17) is 4.74 Å². The molecule has 0 saturated heterocycles. The second kappa shape index (κ2) is 10.3. The van der Waals surface area contributed by atoms with E-state index in [1.54, 1.807) is 38.1 Å².